The minimum absolute atomic E-state index is 0.0709. The van der Waals surface area contributed by atoms with Crippen LogP contribution in [-0.4, -0.2) is 28.7 Å². The molecule has 33 heavy (non-hydrogen) atoms. The van der Waals surface area contributed by atoms with Gasteiger partial charge in [-0.2, -0.15) is 18.3 Å². The number of carbonyl (C=O) groups excluding carboxylic acids is 1. The van der Waals surface area contributed by atoms with Crippen LogP contribution in [0.5, 0.6) is 11.5 Å². The summed E-state index contributed by atoms with van der Waals surface area (Å²) in [6, 6.07) is 10.8. The highest BCUT2D eigenvalue weighted by Gasteiger charge is 2.47. The Morgan fingerprint density at radius 2 is 1.97 bits per heavy atom. The predicted molar refractivity (Wildman–Crippen MR) is 113 cm³/mol. The van der Waals surface area contributed by atoms with Crippen molar-refractivity contribution in [3.8, 4) is 11.5 Å². The maximum absolute atomic E-state index is 13.9. The first kappa shape index (κ1) is 21.4. The van der Waals surface area contributed by atoms with Crippen LogP contribution in [0, 0.1) is 0 Å². The number of halogens is 4. The van der Waals surface area contributed by atoms with E-state index in [1.807, 2.05) is 0 Å². The zero-order valence-electron chi connectivity index (χ0n) is 17.0. The highest BCUT2D eigenvalue weighted by Crippen LogP contribution is 2.45. The third-order valence-corrected chi connectivity index (χ3v) is 5.99. The lowest BCUT2D eigenvalue weighted by Crippen LogP contribution is -2.35. The molecule has 0 radical (unpaired) electrons. The van der Waals surface area contributed by atoms with Gasteiger partial charge in [0.25, 0.3) is 5.91 Å². The van der Waals surface area contributed by atoms with Crippen LogP contribution in [0.1, 0.15) is 40.1 Å². The molecule has 0 saturated heterocycles. The normalized spacial score (nSPS) is 19.0. The number of benzene rings is 2. The third kappa shape index (κ3) is 4.18. The van der Waals surface area contributed by atoms with E-state index in [1.165, 1.54) is 6.07 Å². The molecule has 2 aromatic carbocycles. The molecule has 11 heteroatoms. The van der Waals surface area contributed by atoms with Gasteiger partial charge in [0, 0.05) is 24.1 Å². The van der Waals surface area contributed by atoms with Crippen LogP contribution in [0.15, 0.2) is 48.5 Å². The van der Waals surface area contributed by atoms with Crippen molar-refractivity contribution in [3.63, 3.8) is 0 Å². The minimum atomic E-state index is -4.55. The van der Waals surface area contributed by atoms with E-state index in [2.05, 4.69) is 15.7 Å². The van der Waals surface area contributed by atoms with Crippen molar-refractivity contribution in [1.29, 1.82) is 0 Å². The lowest BCUT2D eigenvalue weighted by molar-refractivity contribution is -0.173. The van der Waals surface area contributed by atoms with Gasteiger partial charge in [0.2, 0.25) is 6.79 Å². The van der Waals surface area contributed by atoms with Crippen LogP contribution in [0.25, 0.3) is 0 Å². The van der Waals surface area contributed by atoms with E-state index in [0.717, 1.165) is 4.68 Å². The molecule has 7 nitrogen and oxygen atoms in total. The van der Waals surface area contributed by atoms with Gasteiger partial charge in [-0.25, -0.2) is 4.68 Å². The fraction of sp³-hybridized carbons (Fsp3) is 0.273. The predicted octanol–water partition coefficient (Wildman–Crippen LogP) is 4.86. The van der Waals surface area contributed by atoms with Gasteiger partial charge in [-0.05, 0) is 29.3 Å². The molecule has 2 aliphatic heterocycles. The number of rotatable bonds is 4. The van der Waals surface area contributed by atoms with Gasteiger partial charge in [0.15, 0.2) is 23.2 Å². The van der Waals surface area contributed by atoms with Crippen molar-refractivity contribution in [2.75, 3.05) is 12.1 Å². The lowest BCUT2D eigenvalue weighted by atomic mass is 9.96. The summed E-state index contributed by atoms with van der Waals surface area (Å²) in [5.41, 5.74) is 1.18. The first-order valence-electron chi connectivity index (χ1n) is 10.1. The molecule has 0 bridgehead atoms. The second kappa shape index (κ2) is 8.18. The summed E-state index contributed by atoms with van der Waals surface area (Å²) < 4.78 is 53.2. The van der Waals surface area contributed by atoms with E-state index in [-0.39, 0.29) is 31.3 Å². The molecule has 0 spiro atoms. The molecular formula is C22H18ClF3N4O3. The molecule has 0 unspecified atom stereocenters. The van der Waals surface area contributed by atoms with Crippen molar-refractivity contribution in [1.82, 2.24) is 15.1 Å². The van der Waals surface area contributed by atoms with Crippen molar-refractivity contribution in [2.24, 2.45) is 0 Å². The summed E-state index contributed by atoms with van der Waals surface area (Å²) in [4.78, 5) is 12.6. The van der Waals surface area contributed by atoms with E-state index in [9.17, 15) is 18.0 Å². The first-order chi connectivity index (χ1) is 15.8. The van der Waals surface area contributed by atoms with Crippen molar-refractivity contribution in [2.45, 2.75) is 31.2 Å². The lowest BCUT2D eigenvalue weighted by Gasteiger charge is -2.33. The molecule has 2 N–H and O–H groups in total. The molecule has 2 atom stereocenters. The number of amides is 1. The molecule has 3 heterocycles. The summed E-state index contributed by atoms with van der Waals surface area (Å²) >= 11 is 6.09. The average molecular weight is 479 g/mol. The maximum atomic E-state index is 13.9. The van der Waals surface area contributed by atoms with Crippen LogP contribution in [0.2, 0.25) is 5.02 Å². The Bertz CT molecular complexity index is 1210. The fourth-order valence-electron chi connectivity index (χ4n) is 3.94. The van der Waals surface area contributed by atoms with Crippen LogP contribution >= 0.6 is 11.6 Å². The van der Waals surface area contributed by atoms with Crippen molar-refractivity contribution < 1.29 is 27.4 Å². The molecule has 172 valence electrons. The van der Waals surface area contributed by atoms with Crippen molar-refractivity contribution in [3.05, 3.63) is 70.4 Å². The Balaban J connectivity index is 1.40. The van der Waals surface area contributed by atoms with Crippen molar-refractivity contribution >= 4 is 23.3 Å². The second-order valence-electron chi connectivity index (χ2n) is 7.74. The monoisotopic (exact) mass is 478 g/mol. The summed E-state index contributed by atoms with van der Waals surface area (Å²) in [5, 5.41) is 10.2. The highest BCUT2D eigenvalue weighted by molar-refractivity contribution is 6.31. The molecule has 1 aromatic heterocycles. The minimum Gasteiger partial charge on any atom is -0.454 e. The zero-order valence-corrected chi connectivity index (χ0v) is 17.8. The molecule has 0 saturated carbocycles. The summed E-state index contributed by atoms with van der Waals surface area (Å²) in [6.45, 7) is 0.193. The van der Waals surface area contributed by atoms with Crippen LogP contribution in [-0.2, 0) is 6.54 Å². The summed E-state index contributed by atoms with van der Waals surface area (Å²) in [5.74, 6) is 0.536. The number of ether oxygens (including phenoxy) is 2. The van der Waals surface area contributed by atoms with E-state index >= 15 is 0 Å². The Kier molecular flexibility index (Phi) is 5.32. The van der Waals surface area contributed by atoms with Gasteiger partial charge in [-0.15, -0.1) is 0 Å². The smallest absolute Gasteiger partial charge is 0.410 e. The molecule has 2 aliphatic rings. The summed E-state index contributed by atoms with van der Waals surface area (Å²) in [6.07, 6.45) is -4.85. The maximum Gasteiger partial charge on any atom is 0.410 e. The zero-order chi connectivity index (χ0) is 23.2. The molecule has 0 aliphatic carbocycles. The molecule has 5 rings (SSSR count). The van der Waals surface area contributed by atoms with Gasteiger partial charge in [-0.3, -0.25) is 4.79 Å². The number of fused-ring (bicyclic) bond motifs is 2. The quantitative estimate of drug-likeness (QED) is 0.560. The molecular weight excluding hydrogens is 461 g/mol. The second-order valence-corrected chi connectivity index (χ2v) is 8.14. The van der Waals surface area contributed by atoms with Crippen LogP contribution < -0.4 is 20.1 Å². The van der Waals surface area contributed by atoms with E-state index in [1.54, 1.807) is 42.5 Å². The van der Waals surface area contributed by atoms with Crippen LogP contribution in [0.4, 0.5) is 19.0 Å². The SMILES string of the molecule is O=C(NCc1ccccc1Cl)c1cc2n(n1)[C@H](C(F)(F)F)C[C@@H](c1ccc3c(c1)OCO3)N2. The first-order valence-corrected chi connectivity index (χ1v) is 10.5. The number of nitrogens with one attached hydrogen (secondary N) is 2. The third-order valence-electron chi connectivity index (χ3n) is 5.62. The van der Waals surface area contributed by atoms with E-state index in [4.69, 9.17) is 21.1 Å². The topological polar surface area (TPSA) is 77.4 Å². The standard InChI is InChI=1S/C22H18ClF3N4O3/c23-14-4-2-1-3-13(14)10-27-21(31)16-9-20-28-15(8-19(22(24,25)26)30(20)29-16)12-5-6-17-18(7-12)33-11-32-17/h1-7,9,15,19,28H,8,10-11H2,(H,27,31)/t15-,19-/m0/s1. The molecule has 3 aromatic rings. The molecule has 0 fully saturated rings. The number of alkyl halides is 3. The van der Waals surface area contributed by atoms with Gasteiger partial charge in [0.05, 0.1) is 6.04 Å². The number of carbonyl (C=O) groups is 1. The number of aromatic nitrogens is 2. The van der Waals surface area contributed by atoms with Gasteiger partial charge in [-0.1, -0.05) is 35.9 Å². The van der Waals surface area contributed by atoms with Gasteiger partial charge >= 0.3 is 6.18 Å². The number of nitrogens with zero attached hydrogens (tertiary/aromatic N) is 2. The Morgan fingerprint density at radius 3 is 2.76 bits per heavy atom. The Morgan fingerprint density at radius 1 is 1.18 bits per heavy atom. The Labute approximate surface area is 191 Å². The van der Waals surface area contributed by atoms with E-state index < -0.39 is 24.2 Å². The highest BCUT2D eigenvalue weighted by atomic mass is 35.5. The number of hydrogen-bond acceptors (Lipinski definition) is 5. The largest absolute Gasteiger partial charge is 0.454 e. The number of anilines is 1. The van der Waals surface area contributed by atoms with Crippen LogP contribution in [0.3, 0.4) is 0 Å². The van der Waals surface area contributed by atoms with Gasteiger partial charge < -0.3 is 20.1 Å². The van der Waals surface area contributed by atoms with Gasteiger partial charge in [0.1, 0.15) is 5.82 Å². The van der Waals surface area contributed by atoms with E-state index in [0.29, 0.717) is 27.6 Å². The average Bonchev–Trinajstić information content (AvgIpc) is 3.43. The fourth-order valence-corrected chi connectivity index (χ4v) is 4.14. The Hall–Kier alpha value is -3.40. The summed E-state index contributed by atoms with van der Waals surface area (Å²) in [7, 11) is 0. The molecule has 1 amide bonds. The number of hydrogen-bond donors (Lipinski definition) is 2.